The molecule has 0 saturated heterocycles. The Hall–Kier alpha value is -3.48. The summed E-state index contributed by atoms with van der Waals surface area (Å²) in [6.07, 6.45) is 1.49. The normalized spacial score (nSPS) is 10.3. The first-order valence-electron chi connectivity index (χ1n) is 8.08. The Morgan fingerprint density at radius 2 is 1.81 bits per heavy atom. The molecule has 1 amide bonds. The van der Waals surface area contributed by atoms with Crippen LogP contribution in [0.5, 0.6) is 0 Å². The third kappa shape index (κ3) is 4.76. The monoisotopic (exact) mass is 350 g/mol. The van der Waals surface area contributed by atoms with Gasteiger partial charge in [-0.15, -0.1) is 5.10 Å². The molecule has 0 aliphatic rings. The van der Waals surface area contributed by atoms with E-state index in [2.05, 4.69) is 15.6 Å². The van der Waals surface area contributed by atoms with Gasteiger partial charge < -0.3 is 10.1 Å². The summed E-state index contributed by atoms with van der Waals surface area (Å²) >= 11 is 0. The first kappa shape index (κ1) is 17.3. The number of nitrogens with zero attached hydrogens (tertiary/aromatic N) is 3. The van der Waals surface area contributed by atoms with E-state index in [0.717, 1.165) is 11.1 Å². The van der Waals surface area contributed by atoms with Crippen LogP contribution in [0.2, 0.25) is 0 Å². The number of hydrogen-bond acceptors (Lipinski definition) is 5. The SMILES string of the molecule is Cc1ccc(NC(=O)COC(=O)c2cn(Cc3ccccc3)nn2)cc1. The zero-order valence-corrected chi connectivity index (χ0v) is 14.3. The van der Waals surface area contributed by atoms with Crippen LogP contribution < -0.4 is 5.32 Å². The number of ether oxygens (including phenoxy) is 1. The second-order valence-corrected chi connectivity index (χ2v) is 5.78. The van der Waals surface area contributed by atoms with E-state index in [9.17, 15) is 9.59 Å². The molecule has 0 radical (unpaired) electrons. The van der Waals surface area contributed by atoms with Crippen LogP contribution in [0.3, 0.4) is 0 Å². The van der Waals surface area contributed by atoms with Crippen LogP contribution in [0.25, 0.3) is 0 Å². The number of benzene rings is 2. The number of anilines is 1. The van der Waals surface area contributed by atoms with Crippen molar-refractivity contribution in [3.8, 4) is 0 Å². The highest BCUT2D eigenvalue weighted by molar-refractivity contribution is 5.94. The topological polar surface area (TPSA) is 86.1 Å². The number of amides is 1. The number of aromatic nitrogens is 3. The van der Waals surface area contributed by atoms with Gasteiger partial charge in [0.25, 0.3) is 5.91 Å². The number of nitrogens with one attached hydrogen (secondary N) is 1. The molecule has 0 spiro atoms. The van der Waals surface area contributed by atoms with Crippen LogP contribution in [0.4, 0.5) is 5.69 Å². The van der Waals surface area contributed by atoms with Crippen LogP contribution in [0, 0.1) is 6.92 Å². The molecular formula is C19H18N4O3. The van der Waals surface area contributed by atoms with E-state index in [1.807, 2.05) is 49.4 Å². The van der Waals surface area contributed by atoms with Crippen molar-refractivity contribution in [1.29, 1.82) is 0 Å². The predicted molar refractivity (Wildman–Crippen MR) is 95.7 cm³/mol. The number of carbonyl (C=O) groups is 2. The molecule has 2 aromatic carbocycles. The third-order valence-corrected chi connectivity index (χ3v) is 3.60. The van der Waals surface area contributed by atoms with Crippen molar-refractivity contribution in [3.63, 3.8) is 0 Å². The van der Waals surface area contributed by atoms with Crippen molar-refractivity contribution < 1.29 is 14.3 Å². The van der Waals surface area contributed by atoms with Gasteiger partial charge in [-0.2, -0.15) is 0 Å². The molecule has 1 aromatic heterocycles. The van der Waals surface area contributed by atoms with E-state index in [1.165, 1.54) is 10.9 Å². The van der Waals surface area contributed by atoms with Crippen molar-refractivity contribution >= 4 is 17.6 Å². The lowest BCUT2D eigenvalue weighted by molar-refractivity contribution is -0.119. The summed E-state index contributed by atoms with van der Waals surface area (Å²) in [5.41, 5.74) is 2.83. The molecule has 7 heteroatoms. The molecule has 0 bridgehead atoms. The van der Waals surface area contributed by atoms with Crippen LogP contribution in [0.15, 0.2) is 60.8 Å². The lowest BCUT2D eigenvalue weighted by Gasteiger charge is -2.05. The molecule has 0 unspecified atom stereocenters. The van der Waals surface area contributed by atoms with E-state index in [0.29, 0.717) is 12.2 Å². The summed E-state index contributed by atoms with van der Waals surface area (Å²) in [5.74, 6) is -1.11. The van der Waals surface area contributed by atoms with Gasteiger partial charge >= 0.3 is 5.97 Å². The molecule has 3 rings (SSSR count). The molecule has 1 heterocycles. The third-order valence-electron chi connectivity index (χ3n) is 3.60. The Kier molecular flexibility index (Phi) is 5.38. The van der Waals surface area contributed by atoms with Crippen LogP contribution in [-0.2, 0) is 16.1 Å². The zero-order chi connectivity index (χ0) is 18.4. The Morgan fingerprint density at radius 1 is 1.08 bits per heavy atom. The highest BCUT2D eigenvalue weighted by Crippen LogP contribution is 2.08. The zero-order valence-electron chi connectivity index (χ0n) is 14.3. The van der Waals surface area contributed by atoms with Gasteiger partial charge in [0, 0.05) is 5.69 Å². The summed E-state index contributed by atoms with van der Waals surface area (Å²) < 4.78 is 6.52. The van der Waals surface area contributed by atoms with Crippen molar-refractivity contribution in [1.82, 2.24) is 15.0 Å². The van der Waals surface area contributed by atoms with Crippen LogP contribution in [0.1, 0.15) is 21.6 Å². The molecule has 3 aromatic rings. The maximum atomic E-state index is 12.0. The molecule has 0 aliphatic heterocycles. The molecule has 0 aliphatic carbocycles. The number of hydrogen-bond donors (Lipinski definition) is 1. The number of esters is 1. The van der Waals surface area contributed by atoms with E-state index >= 15 is 0 Å². The minimum Gasteiger partial charge on any atom is -0.451 e. The molecule has 0 fully saturated rings. The average molecular weight is 350 g/mol. The quantitative estimate of drug-likeness (QED) is 0.690. The summed E-state index contributed by atoms with van der Waals surface area (Å²) in [7, 11) is 0. The van der Waals surface area contributed by atoms with Crippen molar-refractivity contribution in [2.75, 3.05) is 11.9 Å². The molecule has 7 nitrogen and oxygen atoms in total. The second kappa shape index (κ2) is 8.06. The van der Waals surface area contributed by atoms with E-state index in [4.69, 9.17) is 4.74 Å². The number of rotatable bonds is 6. The Labute approximate surface area is 150 Å². The molecule has 0 saturated carbocycles. The molecule has 1 N–H and O–H groups in total. The average Bonchev–Trinajstić information content (AvgIpc) is 3.11. The summed E-state index contributed by atoms with van der Waals surface area (Å²) in [4.78, 5) is 23.8. The van der Waals surface area contributed by atoms with Crippen molar-refractivity contribution in [2.45, 2.75) is 13.5 Å². The minimum atomic E-state index is -0.691. The smallest absolute Gasteiger partial charge is 0.361 e. The van der Waals surface area contributed by atoms with Crippen molar-refractivity contribution in [2.24, 2.45) is 0 Å². The Balaban J connectivity index is 1.50. The molecule has 0 atom stereocenters. The van der Waals surface area contributed by atoms with E-state index < -0.39 is 18.5 Å². The Bertz CT molecular complexity index is 889. The standard InChI is InChI=1S/C19H18N4O3/c1-14-7-9-16(10-8-14)20-18(24)13-26-19(25)17-12-23(22-21-17)11-15-5-3-2-4-6-15/h2-10,12H,11,13H2,1H3,(H,20,24). The van der Waals surface area contributed by atoms with Gasteiger partial charge in [0.1, 0.15) is 0 Å². The fourth-order valence-corrected chi connectivity index (χ4v) is 2.28. The predicted octanol–water partition coefficient (Wildman–Crippen LogP) is 2.43. The highest BCUT2D eigenvalue weighted by atomic mass is 16.5. The molecular weight excluding hydrogens is 332 g/mol. The molecule has 132 valence electrons. The number of aryl methyl sites for hydroxylation is 1. The van der Waals surface area contributed by atoms with Gasteiger partial charge in [0.15, 0.2) is 12.3 Å². The van der Waals surface area contributed by atoms with Crippen LogP contribution in [-0.4, -0.2) is 33.5 Å². The maximum Gasteiger partial charge on any atom is 0.361 e. The minimum absolute atomic E-state index is 0.0593. The maximum absolute atomic E-state index is 12.0. The fourth-order valence-electron chi connectivity index (χ4n) is 2.28. The summed E-state index contributed by atoms with van der Waals surface area (Å²) in [6.45, 7) is 2.06. The highest BCUT2D eigenvalue weighted by Gasteiger charge is 2.14. The van der Waals surface area contributed by atoms with Crippen LogP contribution >= 0.6 is 0 Å². The first-order chi connectivity index (χ1) is 12.6. The van der Waals surface area contributed by atoms with E-state index in [-0.39, 0.29) is 5.69 Å². The van der Waals surface area contributed by atoms with Gasteiger partial charge in [0.05, 0.1) is 12.7 Å². The lowest BCUT2D eigenvalue weighted by atomic mass is 10.2. The second-order valence-electron chi connectivity index (χ2n) is 5.78. The van der Waals surface area contributed by atoms with Gasteiger partial charge in [-0.3, -0.25) is 4.79 Å². The fraction of sp³-hybridized carbons (Fsp3) is 0.158. The first-order valence-corrected chi connectivity index (χ1v) is 8.08. The lowest BCUT2D eigenvalue weighted by Crippen LogP contribution is -2.21. The van der Waals surface area contributed by atoms with Crippen molar-refractivity contribution in [3.05, 3.63) is 77.6 Å². The van der Waals surface area contributed by atoms with Gasteiger partial charge in [-0.25, -0.2) is 9.48 Å². The largest absolute Gasteiger partial charge is 0.451 e. The Morgan fingerprint density at radius 3 is 2.54 bits per heavy atom. The van der Waals surface area contributed by atoms with Gasteiger partial charge in [-0.1, -0.05) is 53.2 Å². The van der Waals surface area contributed by atoms with E-state index in [1.54, 1.807) is 12.1 Å². The summed E-state index contributed by atoms with van der Waals surface area (Å²) in [6, 6.07) is 17.0. The van der Waals surface area contributed by atoms with Gasteiger partial charge in [0.2, 0.25) is 0 Å². The summed E-state index contributed by atoms with van der Waals surface area (Å²) in [5, 5.41) is 10.3. The number of carbonyl (C=O) groups excluding carboxylic acids is 2. The molecule has 26 heavy (non-hydrogen) atoms. The van der Waals surface area contributed by atoms with Gasteiger partial charge in [-0.05, 0) is 24.6 Å².